The van der Waals surface area contributed by atoms with E-state index in [0.29, 0.717) is 6.54 Å². The number of nitrogens with zero attached hydrogens (tertiary/aromatic N) is 1. The standard InChI is InChI=1S/C9H18N2O4/c1-11(2)5-4-8(12)10-7(6-15-3)9(13)14/h7H,4-6H2,1-3H3,(H,10,12)(H,13,14). The Bertz CT molecular complexity index is 218. The average molecular weight is 218 g/mol. The molecule has 0 aliphatic rings. The molecule has 15 heavy (non-hydrogen) atoms. The number of carbonyl (C=O) groups excluding carboxylic acids is 1. The minimum Gasteiger partial charge on any atom is -0.480 e. The lowest BCUT2D eigenvalue weighted by Gasteiger charge is -2.14. The first-order valence-electron chi connectivity index (χ1n) is 4.63. The second kappa shape index (κ2) is 7.19. The molecular weight excluding hydrogens is 200 g/mol. The molecule has 0 heterocycles. The third kappa shape index (κ3) is 6.87. The molecule has 1 unspecified atom stereocenters. The van der Waals surface area contributed by atoms with Crippen LogP contribution in [-0.4, -0.2) is 62.3 Å². The van der Waals surface area contributed by atoms with Crippen molar-refractivity contribution in [3.05, 3.63) is 0 Å². The number of nitrogens with one attached hydrogen (secondary N) is 1. The summed E-state index contributed by atoms with van der Waals surface area (Å²) in [7, 11) is 5.08. The predicted octanol–water partition coefficient (Wildman–Crippen LogP) is -0.846. The van der Waals surface area contributed by atoms with Crippen molar-refractivity contribution in [3.8, 4) is 0 Å². The first-order valence-corrected chi connectivity index (χ1v) is 4.63. The van der Waals surface area contributed by atoms with Gasteiger partial charge in [-0.2, -0.15) is 0 Å². The number of rotatable bonds is 7. The molecule has 6 heteroatoms. The minimum absolute atomic E-state index is 0.0248. The van der Waals surface area contributed by atoms with Crippen LogP contribution in [0.1, 0.15) is 6.42 Å². The van der Waals surface area contributed by atoms with Gasteiger partial charge < -0.3 is 20.1 Å². The Morgan fingerprint density at radius 1 is 1.47 bits per heavy atom. The van der Waals surface area contributed by atoms with Crippen LogP contribution < -0.4 is 5.32 Å². The average Bonchev–Trinajstić information content (AvgIpc) is 2.14. The van der Waals surface area contributed by atoms with E-state index in [9.17, 15) is 9.59 Å². The third-order valence-corrected chi connectivity index (χ3v) is 1.75. The zero-order valence-corrected chi connectivity index (χ0v) is 9.32. The molecule has 0 spiro atoms. The molecule has 1 atom stereocenters. The van der Waals surface area contributed by atoms with Crippen LogP contribution in [0.25, 0.3) is 0 Å². The molecular formula is C9H18N2O4. The molecule has 0 aromatic rings. The lowest BCUT2D eigenvalue weighted by atomic mass is 10.3. The predicted molar refractivity (Wildman–Crippen MR) is 54.6 cm³/mol. The van der Waals surface area contributed by atoms with Gasteiger partial charge in [-0.3, -0.25) is 4.79 Å². The molecule has 0 rings (SSSR count). The summed E-state index contributed by atoms with van der Waals surface area (Å²) < 4.78 is 4.69. The number of hydrogen-bond donors (Lipinski definition) is 2. The van der Waals surface area contributed by atoms with Crippen LogP contribution in [-0.2, 0) is 14.3 Å². The van der Waals surface area contributed by atoms with Crippen molar-refractivity contribution in [2.24, 2.45) is 0 Å². The van der Waals surface area contributed by atoms with Crippen molar-refractivity contribution in [1.29, 1.82) is 0 Å². The monoisotopic (exact) mass is 218 g/mol. The first-order chi connectivity index (χ1) is 6.97. The van der Waals surface area contributed by atoms with Crippen LogP contribution in [0.2, 0.25) is 0 Å². The largest absolute Gasteiger partial charge is 0.480 e. The minimum atomic E-state index is -1.09. The summed E-state index contributed by atoms with van der Waals surface area (Å²) in [5.74, 6) is -1.37. The zero-order valence-electron chi connectivity index (χ0n) is 9.32. The quantitative estimate of drug-likeness (QED) is 0.582. The molecule has 0 saturated heterocycles. The fourth-order valence-corrected chi connectivity index (χ4v) is 0.933. The van der Waals surface area contributed by atoms with E-state index in [-0.39, 0.29) is 18.9 Å². The van der Waals surface area contributed by atoms with Gasteiger partial charge in [-0.15, -0.1) is 0 Å². The number of amides is 1. The van der Waals surface area contributed by atoms with Crippen LogP contribution in [0.4, 0.5) is 0 Å². The molecule has 2 N–H and O–H groups in total. The van der Waals surface area contributed by atoms with Gasteiger partial charge >= 0.3 is 5.97 Å². The number of ether oxygens (including phenoxy) is 1. The van der Waals surface area contributed by atoms with Crippen LogP contribution in [0.5, 0.6) is 0 Å². The lowest BCUT2D eigenvalue weighted by Crippen LogP contribution is -2.44. The summed E-state index contributed by atoms with van der Waals surface area (Å²) >= 11 is 0. The molecule has 6 nitrogen and oxygen atoms in total. The Balaban J connectivity index is 3.94. The Labute approximate surface area is 89.2 Å². The van der Waals surface area contributed by atoms with Crippen molar-refractivity contribution in [2.45, 2.75) is 12.5 Å². The molecule has 0 radical (unpaired) electrons. The maximum atomic E-state index is 11.3. The van der Waals surface area contributed by atoms with Crippen LogP contribution in [0.3, 0.4) is 0 Å². The first kappa shape index (κ1) is 13.9. The van der Waals surface area contributed by atoms with Gasteiger partial charge in [0, 0.05) is 20.1 Å². The normalized spacial score (nSPS) is 12.5. The van der Waals surface area contributed by atoms with Gasteiger partial charge in [0.2, 0.25) is 5.91 Å². The van der Waals surface area contributed by atoms with Gasteiger partial charge in [0.1, 0.15) is 0 Å². The molecule has 0 aliphatic heterocycles. The van der Waals surface area contributed by atoms with Crippen molar-refractivity contribution in [1.82, 2.24) is 10.2 Å². The molecule has 1 amide bonds. The number of methoxy groups -OCH3 is 1. The highest BCUT2D eigenvalue weighted by Crippen LogP contribution is 1.89. The Hall–Kier alpha value is -1.14. The molecule has 0 bridgehead atoms. The van der Waals surface area contributed by atoms with Gasteiger partial charge in [0.05, 0.1) is 6.61 Å². The Morgan fingerprint density at radius 3 is 2.47 bits per heavy atom. The zero-order chi connectivity index (χ0) is 11.8. The van der Waals surface area contributed by atoms with E-state index in [4.69, 9.17) is 5.11 Å². The Morgan fingerprint density at radius 2 is 2.07 bits per heavy atom. The highest BCUT2D eigenvalue weighted by atomic mass is 16.5. The summed E-state index contributed by atoms with van der Waals surface area (Å²) in [6, 6.07) is -0.968. The third-order valence-electron chi connectivity index (χ3n) is 1.75. The van der Waals surface area contributed by atoms with E-state index < -0.39 is 12.0 Å². The van der Waals surface area contributed by atoms with Crippen LogP contribution in [0.15, 0.2) is 0 Å². The summed E-state index contributed by atoms with van der Waals surface area (Å²) in [6.07, 6.45) is 0.278. The highest BCUT2D eigenvalue weighted by Gasteiger charge is 2.19. The number of hydrogen-bond acceptors (Lipinski definition) is 4. The van der Waals surface area contributed by atoms with Crippen molar-refractivity contribution in [2.75, 3.05) is 34.4 Å². The molecule has 0 aliphatic carbocycles. The number of aliphatic carboxylic acids is 1. The number of carboxylic acid groups (broad SMARTS) is 1. The molecule has 0 aromatic carbocycles. The van der Waals surface area contributed by atoms with Crippen LogP contribution in [0, 0.1) is 0 Å². The second-order valence-electron chi connectivity index (χ2n) is 3.47. The summed E-state index contributed by atoms with van der Waals surface area (Å²) in [5, 5.41) is 11.1. The van der Waals surface area contributed by atoms with Gasteiger partial charge in [-0.1, -0.05) is 0 Å². The van der Waals surface area contributed by atoms with E-state index in [0.717, 1.165) is 0 Å². The van der Waals surface area contributed by atoms with Gasteiger partial charge in [-0.05, 0) is 14.1 Å². The molecule has 0 saturated carbocycles. The number of carbonyl (C=O) groups is 2. The van der Waals surface area contributed by atoms with Crippen molar-refractivity contribution >= 4 is 11.9 Å². The van der Waals surface area contributed by atoms with Gasteiger partial charge in [0.15, 0.2) is 6.04 Å². The van der Waals surface area contributed by atoms with Crippen molar-refractivity contribution in [3.63, 3.8) is 0 Å². The molecule has 88 valence electrons. The van der Waals surface area contributed by atoms with E-state index in [2.05, 4.69) is 10.1 Å². The maximum Gasteiger partial charge on any atom is 0.328 e. The van der Waals surface area contributed by atoms with E-state index in [1.807, 2.05) is 19.0 Å². The second-order valence-corrected chi connectivity index (χ2v) is 3.47. The van der Waals surface area contributed by atoms with E-state index >= 15 is 0 Å². The summed E-state index contributed by atoms with van der Waals surface area (Å²) in [6.45, 7) is 0.564. The Kier molecular flexibility index (Phi) is 6.64. The lowest BCUT2D eigenvalue weighted by molar-refractivity contribution is -0.143. The molecule has 0 aromatic heterocycles. The van der Waals surface area contributed by atoms with Crippen LogP contribution >= 0.6 is 0 Å². The van der Waals surface area contributed by atoms with Gasteiger partial charge in [0.25, 0.3) is 0 Å². The topological polar surface area (TPSA) is 78.9 Å². The van der Waals surface area contributed by atoms with E-state index in [1.54, 1.807) is 0 Å². The fourth-order valence-electron chi connectivity index (χ4n) is 0.933. The molecule has 0 fully saturated rings. The van der Waals surface area contributed by atoms with Gasteiger partial charge in [-0.25, -0.2) is 4.79 Å². The fraction of sp³-hybridized carbons (Fsp3) is 0.778. The SMILES string of the molecule is COCC(NC(=O)CCN(C)C)C(=O)O. The number of carboxylic acids is 1. The highest BCUT2D eigenvalue weighted by molar-refractivity contribution is 5.83. The van der Waals surface area contributed by atoms with E-state index in [1.165, 1.54) is 7.11 Å². The smallest absolute Gasteiger partial charge is 0.328 e. The summed E-state index contributed by atoms with van der Waals surface area (Å²) in [4.78, 5) is 23.8. The van der Waals surface area contributed by atoms with Crippen molar-refractivity contribution < 1.29 is 19.4 Å². The summed E-state index contributed by atoms with van der Waals surface area (Å²) in [5.41, 5.74) is 0. The maximum absolute atomic E-state index is 11.3.